The van der Waals surface area contributed by atoms with Crippen LogP contribution in [0.5, 0.6) is 0 Å². The van der Waals surface area contributed by atoms with E-state index >= 15 is 0 Å². The number of hydrogen-bond donors (Lipinski definition) is 2. The fourth-order valence-electron chi connectivity index (χ4n) is 1.69. The van der Waals surface area contributed by atoms with E-state index in [2.05, 4.69) is 23.7 Å². The van der Waals surface area contributed by atoms with E-state index in [9.17, 15) is 0 Å². The van der Waals surface area contributed by atoms with Crippen LogP contribution in [0.3, 0.4) is 0 Å². The predicted molar refractivity (Wildman–Crippen MR) is 68.6 cm³/mol. The highest BCUT2D eigenvalue weighted by Gasteiger charge is 2.13. The summed E-state index contributed by atoms with van der Waals surface area (Å²) in [4.78, 5) is 4.30. The Kier molecular flexibility index (Phi) is 4.99. The Balaban J connectivity index is 0.000000386. The Morgan fingerprint density at radius 2 is 2.31 bits per heavy atom. The van der Waals surface area contributed by atoms with Crippen LogP contribution in [0.15, 0.2) is 24.4 Å². The highest BCUT2D eigenvalue weighted by molar-refractivity contribution is 6.30. The SMILES string of the molecule is CC1C=C(c2cc(Cl)ccn2)CC1.N=CN. The van der Waals surface area contributed by atoms with E-state index < -0.39 is 0 Å². The van der Waals surface area contributed by atoms with E-state index in [1.807, 2.05) is 12.1 Å². The van der Waals surface area contributed by atoms with Gasteiger partial charge in [-0.1, -0.05) is 24.6 Å². The van der Waals surface area contributed by atoms with Gasteiger partial charge in [0.05, 0.1) is 12.0 Å². The van der Waals surface area contributed by atoms with E-state index in [1.54, 1.807) is 6.20 Å². The number of aromatic nitrogens is 1. The van der Waals surface area contributed by atoms with E-state index in [0.29, 0.717) is 5.92 Å². The minimum Gasteiger partial charge on any atom is -0.390 e. The molecule has 4 heteroatoms. The lowest BCUT2D eigenvalue weighted by Crippen LogP contribution is -1.85. The molecule has 0 saturated heterocycles. The minimum atomic E-state index is 0.691. The van der Waals surface area contributed by atoms with Gasteiger partial charge in [-0.2, -0.15) is 0 Å². The molecule has 1 atom stereocenters. The van der Waals surface area contributed by atoms with Crippen molar-refractivity contribution >= 4 is 23.5 Å². The van der Waals surface area contributed by atoms with E-state index in [-0.39, 0.29) is 0 Å². The van der Waals surface area contributed by atoms with Gasteiger partial charge in [-0.05, 0) is 36.5 Å². The molecule has 0 radical (unpaired) electrons. The smallest absolute Gasteiger partial charge is 0.0765 e. The summed E-state index contributed by atoms with van der Waals surface area (Å²) in [6.45, 7) is 2.23. The second-order valence-corrected chi connectivity index (χ2v) is 4.17. The molecule has 1 unspecified atom stereocenters. The van der Waals surface area contributed by atoms with Crippen LogP contribution in [0, 0.1) is 11.3 Å². The van der Waals surface area contributed by atoms with Crippen LogP contribution >= 0.6 is 11.6 Å². The van der Waals surface area contributed by atoms with Crippen LogP contribution in [0.1, 0.15) is 25.5 Å². The maximum atomic E-state index is 5.89. The van der Waals surface area contributed by atoms with E-state index in [0.717, 1.165) is 23.5 Å². The normalized spacial score (nSPS) is 18.4. The van der Waals surface area contributed by atoms with Crippen molar-refractivity contribution in [1.29, 1.82) is 5.41 Å². The molecule has 0 spiro atoms. The molecular formula is C12H16ClN3. The highest BCUT2D eigenvalue weighted by Crippen LogP contribution is 2.30. The molecule has 0 saturated carbocycles. The van der Waals surface area contributed by atoms with E-state index in [1.165, 1.54) is 12.0 Å². The van der Waals surface area contributed by atoms with Crippen molar-refractivity contribution in [2.75, 3.05) is 0 Å². The third-order valence-electron chi connectivity index (χ3n) is 2.41. The van der Waals surface area contributed by atoms with Crippen LogP contribution in [-0.2, 0) is 0 Å². The zero-order chi connectivity index (χ0) is 12.0. The van der Waals surface area contributed by atoms with Gasteiger partial charge in [-0.25, -0.2) is 0 Å². The topological polar surface area (TPSA) is 62.8 Å². The van der Waals surface area contributed by atoms with Gasteiger partial charge in [0, 0.05) is 11.2 Å². The summed E-state index contributed by atoms with van der Waals surface area (Å²) in [5.41, 5.74) is 6.77. The lowest BCUT2D eigenvalue weighted by atomic mass is 10.1. The van der Waals surface area contributed by atoms with Crippen molar-refractivity contribution < 1.29 is 0 Å². The largest absolute Gasteiger partial charge is 0.390 e. The van der Waals surface area contributed by atoms with Gasteiger partial charge in [0.2, 0.25) is 0 Å². The van der Waals surface area contributed by atoms with Gasteiger partial charge >= 0.3 is 0 Å². The number of rotatable bonds is 1. The lowest BCUT2D eigenvalue weighted by Gasteiger charge is -1.99. The van der Waals surface area contributed by atoms with Crippen LogP contribution in [0.2, 0.25) is 5.02 Å². The fraction of sp³-hybridized carbons (Fsp3) is 0.333. The Morgan fingerprint density at radius 1 is 1.62 bits per heavy atom. The van der Waals surface area contributed by atoms with E-state index in [4.69, 9.17) is 17.0 Å². The predicted octanol–water partition coefficient (Wildman–Crippen LogP) is 3.10. The number of halogens is 1. The van der Waals surface area contributed by atoms with Crippen LogP contribution < -0.4 is 5.73 Å². The first-order valence-electron chi connectivity index (χ1n) is 5.20. The average Bonchev–Trinajstić information content (AvgIpc) is 2.66. The zero-order valence-corrected chi connectivity index (χ0v) is 10.0. The summed E-state index contributed by atoms with van der Waals surface area (Å²) < 4.78 is 0. The summed E-state index contributed by atoms with van der Waals surface area (Å²) >= 11 is 5.89. The molecule has 1 heterocycles. The second kappa shape index (κ2) is 6.28. The molecule has 3 N–H and O–H groups in total. The maximum absolute atomic E-state index is 5.89. The number of nitrogens with two attached hydrogens (primary N) is 1. The monoisotopic (exact) mass is 237 g/mol. The summed E-state index contributed by atoms with van der Waals surface area (Å²) in [6.07, 6.45) is 7.18. The van der Waals surface area contributed by atoms with Gasteiger partial charge in [0.1, 0.15) is 0 Å². The number of hydrogen-bond acceptors (Lipinski definition) is 2. The molecule has 1 aliphatic carbocycles. The highest BCUT2D eigenvalue weighted by atomic mass is 35.5. The number of nitrogens with zero attached hydrogens (tertiary/aromatic N) is 1. The lowest BCUT2D eigenvalue weighted by molar-refractivity contribution is 0.703. The maximum Gasteiger partial charge on any atom is 0.0765 e. The molecule has 0 amide bonds. The molecule has 3 nitrogen and oxygen atoms in total. The summed E-state index contributed by atoms with van der Waals surface area (Å²) in [6, 6.07) is 3.75. The zero-order valence-electron chi connectivity index (χ0n) is 9.28. The van der Waals surface area contributed by atoms with Crippen molar-refractivity contribution in [2.24, 2.45) is 11.7 Å². The molecule has 1 aromatic rings. The molecule has 0 fully saturated rings. The Hall–Kier alpha value is -1.35. The second-order valence-electron chi connectivity index (χ2n) is 3.73. The molecule has 0 aromatic carbocycles. The standard InChI is InChI=1S/C11H12ClN.CH4N2/c1-8-2-3-9(6-8)11-7-10(12)4-5-13-11;2-1-3/h4-8H,2-3H2,1H3;1H,(H3,2,3). The van der Waals surface area contributed by atoms with Gasteiger partial charge in [-0.3, -0.25) is 10.4 Å². The van der Waals surface area contributed by atoms with Gasteiger partial charge in [-0.15, -0.1) is 0 Å². The molecule has 0 aliphatic heterocycles. The third-order valence-corrected chi connectivity index (χ3v) is 2.64. The Morgan fingerprint density at radius 3 is 2.81 bits per heavy atom. The van der Waals surface area contributed by atoms with Crippen molar-refractivity contribution in [1.82, 2.24) is 4.98 Å². The number of nitrogens with one attached hydrogen (secondary N) is 1. The fourth-order valence-corrected chi connectivity index (χ4v) is 1.85. The molecular weight excluding hydrogens is 222 g/mol. The number of pyridine rings is 1. The van der Waals surface area contributed by atoms with Crippen LogP contribution in [0.25, 0.3) is 5.57 Å². The first kappa shape index (κ1) is 12.7. The average molecular weight is 238 g/mol. The molecule has 16 heavy (non-hydrogen) atoms. The van der Waals surface area contributed by atoms with Crippen molar-refractivity contribution in [3.8, 4) is 0 Å². The van der Waals surface area contributed by atoms with Crippen molar-refractivity contribution in [3.63, 3.8) is 0 Å². The van der Waals surface area contributed by atoms with Gasteiger partial charge < -0.3 is 5.73 Å². The minimum absolute atomic E-state index is 0.691. The summed E-state index contributed by atoms with van der Waals surface area (Å²) in [5.74, 6) is 0.691. The van der Waals surface area contributed by atoms with Crippen LogP contribution in [0.4, 0.5) is 0 Å². The molecule has 1 aliphatic rings. The van der Waals surface area contributed by atoms with Gasteiger partial charge in [0.15, 0.2) is 0 Å². The molecule has 0 bridgehead atoms. The Labute approximate surface area is 101 Å². The third kappa shape index (κ3) is 3.66. The van der Waals surface area contributed by atoms with Crippen molar-refractivity contribution in [2.45, 2.75) is 19.8 Å². The van der Waals surface area contributed by atoms with Gasteiger partial charge in [0.25, 0.3) is 0 Å². The quantitative estimate of drug-likeness (QED) is 0.582. The van der Waals surface area contributed by atoms with Crippen molar-refractivity contribution in [3.05, 3.63) is 35.1 Å². The summed E-state index contributed by atoms with van der Waals surface area (Å²) in [5, 5.41) is 6.63. The summed E-state index contributed by atoms with van der Waals surface area (Å²) in [7, 11) is 0. The molecule has 1 aromatic heterocycles. The molecule has 86 valence electrons. The van der Waals surface area contributed by atoms with Crippen LogP contribution in [-0.4, -0.2) is 11.3 Å². The Bertz CT molecular complexity index is 388. The molecule has 2 rings (SSSR count). The first-order chi connectivity index (χ1) is 7.67. The first-order valence-corrected chi connectivity index (χ1v) is 5.58. The number of allylic oxidation sites excluding steroid dienone is 2.